The standard InChI is InChI=1S/C26H23ClN2O2S2/c1-31-25(30)24-23(27)21-13-12-19(16-22(21)33-24)29-26(32)28-15-14-20(17-8-4-2-5-9-17)18-10-6-3-7-11-18/h2-13,16,20H,14-15H2,1H3,(H2,28,29,32). The maximum Gasteiger partial charge on any atom is 0.349 e. The Kier molecular flexibility index (Phi) is 7.60. The molecule has 1 aromatic heterocycles. The summed E-state index contributed by atoms with van der Waals surface area (Å²) in [4.78, 5) is 12.3. The Morgan fingerprint density at radius 1 is 1.03 bits per heavy atom. The van der Waals surface area contributed by atoms with Crippen LogP contribution in [-0.4, -0.2) is 24.7 Å². The lowest BCUT2D eigenvalue weighted by atomic mass is 9.88. The molecule has 0 saturated heterocycles. The van der Waals surface area contributed by atoms with E-state index in [0.29, 0.717) is 15.0 Å². The van der Waals surface area contributed by atoms with Crippen LogP contribution in [0.4, 0.5) is 5.69 Å². The summed E-state index contributed by atoms with van der Waals surface area (Å²) < 4.78 is 5.70. The second-order valence-corrected chi connectivity index (χ2v) is 9.33. The van der Waals surface area contributed by atoms with E-state index in [2.05, 4.69) is 59.2 Å². The van der Waals surface area contributed by atoms with Gasteiger partial charge in [0, 0.05) is 28.2 Å². The summed E-state index contributed by atoms with van der Waals surface area (Å²) in [5.41, 5.74) is 3.40. The number of ether oxygens (including phenoxy) is 1. The van der Waals surface area contributed by atoms with E-state index in [9.17, 15) is 4.79 Å². The summed E-state index contributed by atoms with van der Waals surface area (Å²) in [5.74, 6) is -0.150. The van der Waals surface area contributed by atoms with Crippen LogP contribution < -0.4 is 10.6 Å². The summed E-state index contributed by atoms with van der Waals surface area (Å²) in [6.45, 7) is 0.722. The van der Waals surface area contributed by atoms with Gasteiger partial charge in [-0.05, 0) is 48.0 Å². The van der Waals surface area contributed by atoms with E-state index in [4.69, 9.17) is 28.6 Å². The highest BCUT2D eigenvalue weighted by Gasteiger charge is 2.18. The number of anilines is 1. The number of hydrogen-bond acceptors (Lipinski definition) is 4. The van der Waals surface area contributed by atoms with Crippen LogP contribution in [0, 0.1) is 0 Å². The number of thiophene rings is 1. The fourth-order valence-corrected chi connectivity index (χ4v) is 5.45. The van der Waals surface area contributed by atoms with Gasteiger partial charge >= 0.3 is 5.97 Å². The molecule has 7 heteroatoms. The number of esters is 1. The topological polar surface area (TPSA) is 50.4 Å². The van der Waals surface area contributed by atoms with Gasteiger partial charge in [-0.1, -0.05) is 72.3 Å². The zero-order valence-corrected chi connectivity index (χ0v) is 20.4. The summed E-state index contributed by atoms with van der Waals surface area (Å²) in [6, 6.07) is 26.7. The maximum absolute atomic E-state index is 11.9. The van der Waals surface area contributed by atoms with E-state index in [0.717, 1.165) is 28.7 Å². The van der Waals surface area contributed by atoms with Gasteiger partial charge in [-0.25, -0.2) is 4.79 Å². The SMILES string of the molecule is COC(=O)c1sc2cc(NC(=S)NCCC(c3ccccc3)c3ccccc3)ccc2c1Cl. The van der Waals surface area contributed by atoms with Crippen molar-refractivity contribution in [1.82, 2.24) is 5.32 Å². The molecule has 0 spiro atoms. The monoisotopic (exact) mass is 494 g/mol. The molecule has 1 heterocycles. The van der Waals surface area contributed by atoms with Crippen molar-refractivity contribution < 1.29 is 9.53 Å². The highest BCUT2D eigenvalue weighted by Crippen LogP contribution is 2.37. The Balaban J connectivity index is 1.40. The lowest BCUT2D eigenvalue weighted by Gasteiger charge is -2.19. The van der Waals surface area contributed by atoms with Crippen LogP contribution in [0.2, 0.25) is 5.02 Å². The number of rotatable bonds is 7. The van der Waals surface area contributed by atoms with Gasteiger partial charge in [-0.2, -0.15) is 0 Å². The molecular weight excluding hydrogens is 472 g/mol. The van der Waals surface area contributed by atoms with E-state index >= 15 is 0 Å². The molecule has 3 aromatic carbocycles. The fraction of sp³-hybridized carbons (Fsp3) is 0.154. The number of benzene rings is 3. The number of thiocarbonyl (C=S) groups is 1. The molecule has 4 rings (SSSR count). The molecule has 0 saturated carbocycles. The first kappa shape index (κ1) is 23.2. The Labute approximate surface area is 207 Å². The Morgan fingerprint density at radius 3 is 2.27 bits per heavy atom. The predicted octanol–water partition coefficient (Wildman–Crippen LogP) is 6.85. The van der Waals surface area contributed by atoms with Crippen LogP contribution in [-0.2, 0) is 4.74 Å². The van der Waals surface area contributed by atoms with Crippen LogP contribution in [0.5, 0.6) is 0 Å². The third-order valence-electron chi connectivity index (χ3n) is 5.38. The van der Waals surface area contributed by atoms with Crippen LogP contribution in [0.1, 0.15) is 33.1 Å². The summed E-state index contributed by atoms with van der Waals surface area (Å²) in [6.07, 6.45) is 0.901. The van der Waals surface area contributed by atoms with Crippen LogP contribution >= 0.6 is 35.2 Å². The van der Waals surface area contributed by atoms with Crippen LogP contribution in [0.25, 0.3) is 10.1 Å². The van der Waals surface area contributed by atoms with Gasteiger partial charge in [0.2, 0.25) is 0 Å². The maximum atomic E-state index is 11.9. The van der Waals surface area contributed by atoms with Gasteiger partial charge in [0.05, 0.1) is 12.1 Å². The van der Waals surface area contributed by atoms with Gasteiger partial charge in [0.1, 0.15) is 4.88 Å². The minimum absolute atomic E-state index is 0.282. The molecule has 168 valence electrons. The number of nitrogens with one attached hydrogen (secondary N) is 2. The summed E-state index contributed by atoms with van der Waals surface area (Å²) >= 11 is 13.2. The molecule has 0 atom stereocenters. The minimum atomic E-state index is -0.431. The number of fused-ring (bicyclic) bond motifs is 1. The molecule has 0 fully saturated rings. The van der Waals surface area contributed by atoms with Crippen molar-refractivity contribution in [3.05, 3.63) is 99.9 Å². The lowest BCUT2D eigenvalue weighted by molar-refractivity contribution is 0.0606. The normalized spacial score (nSPS) is 10.9. The van der Waals surface area contributed by atoms with E-state index < -0.39 is 5.97 Å². The van der Waals surface area contributed by atoms with Crippen LogP contribution in [0.15, 0.2) is 78.9 Å². The Bertz CT molecular complexity index is 1220. The molecule has 0 amide bonds. The van der Waals surface area contributed by atoms with Crippen molar-refractivity contribution in [2.75, 3.05) is 19.0 Å². The highest BCUT2D eigenvalue weighted by molar-refractivity contribution is 7.80. The molecule has 0 aliphatic heterocycles. The van der Waals surface area contributed by atoms with E-state index in [1.54, 1.807) is 0 Å². The third-order valence-corrected chi connectivity index (χ3v) is 7.26. The van der Waals surface area contributed by atoms with Crippen molar-refractivity contribution in [3.63, 3.8) is 0 Å². The Morgan fingerprint density at radius 2 is 1.67 bits per heavy atom. The first-order valence-corrected chi connectivity index (χ1v) is 12.1. The van der Waals surface area contributed by atoms with Gasteiger partial charge in [0.25, 0.3) is 0 Å². The minimum Gasteiger partial charge on any atom is -0.465 e. The van der Waals surface area contributed by atoms with Gasteiger partial charge in [-0.3, -0.25) is 0 Å². The van der Waals surface area contributed by atoms with Gasteiger partial charge in [-0.15, -0.1) is 11.3 Å². The van der Waals surface area contributed by atoms with Gasteiger partial charge < -0.3 is 15.4 Å². The molecule has 4 nitrogen and oxygen atoms in total. The van der Waals surface area contributed by atoms with Gasteiger partial charge in [0.15, 0.2) is 5.11 Å². The Hall–Kier alpha value is -2.93. The fourth-order valence-electron chi connectivity index (χ4n) is 3.77. The molecule has 0 bridgehead atoms. The lowest BCUT2D eigenvalue weighted by Crippen LogP contribution is -2.30. The number of methoxy groups -OCH3 is 1. The smallest absolute Gasteiger partial charge is 0.349 e. The average Bonchev–Trinajstić information content (AvgIpc) is 3.18. The molecule has 4 aromatic rings. The molecule has 0 aliphatic rings. The van der Waals surface area contributed by atoms with Crippen LogP contribution in [0.3, 0.4) is 0 Å². The van der Waals surface area contributed by atoms with Crippen molar-refractivity contribution in [1.29, 1.82) is 0 Å². The largest absolute Gasteiger partial charge is 0.465 e. The molecule has 0 unspecified atom stereocenters. The zero-order chi connectivity index (χ0) is 23.2. The van der Waals surface area contributed by atoms with Crippen molar-refractivity contribution >= 4 is 62.0 Å². The molecule has 0 radical (unpaired) electrons. The first-order chi connectivity index (χ1) is 16.1. The molecule has 0 aliphatic carbocycles. The highest BCUT2D eigenvalue weighted by atomic mass is 35.5. The van der Waals surface area contributed by atoms with Crippen molar-refractivity contribution in [2.24, 2.45) is 0 Å². The zero-order valence-electron chi connectivity index (χ0n) is 18.0. The number of carbonyl (C=O) groups is 1. The number of carbonyl (C=O) groups excluding carboxylic acids is 1. The summed E-state index contributed by atoms with van der Waals surface area (Å²) in [7, 11) is 1.35. The number of halogens is 1. The van der Waals surface area contributed by atoms with E-state index in [1.165, 1.54) is 29.6 Å². The third kappa shape index (κ3) is 5.53. The van der Waals surface area contributed by atoms with E-state index in [-0.39, 0.29) is 5.92 Å². The molecule has 33 heavy (non-hydrogen) atoms. The average molecular weight is 495 g/mol. The molecular formula is C26H23ClN2O2S2. The summed E-state index contributed by atoms with van der Waals surface area (Å²) in [5, 5.41) is 8.33. The second kappa shape index (κ2) is 10.8. The van der Waals surface area contributed by atoms with E-state index in [1.807, 2.05) is 30.3 Å². The number of hydrogen-bond donors (Lipinski definition) is 2. The predicted molar refractivity (Wildman–Crippen MR) is 142 cm³/mol. The van der Waals surface area contributed by atoms with Crippen molar-refractivity contribution in [2.45, 2.75) is 12.3 Å². The molecule has 2 N–H and O–H groups in total. The second-order valence-electron chi connectivity index (χ2n) is 7.49. The quantitative estimate of drug-likeness (QED) is 0.217. The van der Waals surface area contributed by atoms with Crippen molar-refractivity contribution in [3.8, 4) is 0 Å². The first-order valence-electron chi connectivity index (χ1n) is 10.5.